The van der Waals surface area contributed by atoms with Crippen LogP contribution in [0.25, 0.3) is 0 Å². The van der Waals surface area contributed by atoms with Crippen molar-refractivity contribution in [2.24, 2.45) is 5.73 Å². The lowest BCUT2D eigenvalue weighted by Crippen LogP contribution is -2.12. The van der Waals surface area contributed by atoms with E-state index >= 15 is 0 Å². The van der Waals surface area contributed by atoms with Gasteiger partial charge in [-0.05, 0) is 29.5 Å². The molecular weight excluding hydrogens is 225 g/mol. The highest BCUT2D eigenvalue weighted by atomic mass is 19.1. The second kappa shape index (κ2) is 5.35. The molecule has 0 bridgehead atoms. The highest BCUT2D eigenvalue weighted by molar-refractivity contribution is 5.22. The van der Waals surface area contributed by atoms with Crippen LogP contribution in [0, 0.1) is 5.82 Å². The summed E-state index contributed by atoms with van der Waals surface area (Å²) in [6.45, 7) is 1.16. The topological polar surface area (TPSA) is 78.9 Å². The van der Waals surface area contributed by atoms with E-state index in [0.29, 0.717) is 24.7 Å². The fraction of sp³-hybridized carbons (Fsp3) is 0.300. The van der Waals surface area contributed by atoms with Crippen molar-refractivity contribution in [2.45, 2.75) is 13.2 Å². The molecule has 90 valence electrons. The molecule has 0 saturated carbocycles. The van der Waals surface area contributed by atoms with Crippen molar-refractivity contribution in [3.63, 3.8) is 0 Å². The molecule has 0 aliphatic carbocycles. The summed E-state index contributed by atoms with van der Waals surface area (Å²) in [6, 6.07) is 5.74. The molecule has 2 aromatic rings. The molecule has 0 fully saturated rings. The predicted molar refractivity (Wildman–Crippen MR) is 57.6 cm³/mol. The van der Waals surface area contributed by atoms with Gasteiger partial charge in [0.1, 0.15) is 11.6 Å². The van der Waals surface area contributed by atoms with Crippen LogP contribution in [0.4, 0.5) is 4.39 Å². The number of hydrogen-bond donors (Lipinski definition) is 1. The summed E-state index contributed by atoms with van der Waals surface area (Å²) in [5.74, 6) is 0.716. The third kappa shape index (κ3) is 3.22. The molecule has 0 amide bonds. The van der Waals surface area contributed by atoms with Gasteiger partial charge in [0, 0.05) is 6.54 Å². The summed E-state index contributed by atoms with van der Waals surface area (Å²) >= 11 is 0. The van der Waals surface area contributed by atoms with E-state index in [2.05, 4.69) is 15.4 Å². The Bertz CT molecular complexity index is 470. The highest BCUT2D eigenvalue weighted by Gasteiger charge is 2.03. The predicted octanol–water partition coefficient (Wildman–Crippen LogP) is 0.350. The van der Waals surface area contributed by atoms with Gasteiger partial charge in [0.05, 0.1) is 6.54 Å². The Hall–Kier alpha value is -2.02. The highest BCUT2D eigenvalue weighted by Crippen LogP contribution is 2.11. The molecule has 2 N–H and O–H groups in total. The quantitative estimate of drug-likeness (QED) is 0.811. The van der Waals surface area contributed by atoms with E-state index in [1.165, 1.54) is 16.9 Å². The maximum atomic E-state index is 12.6. The van der Waals surface area contributed by atoms with Gasteiger partial charge in [0.25, 0.3) is 0 Å². The normalized spacial score (nSPS) is 10.5. The summed E-state index contributed by atoms with van der Waals surface area (Å²) < 4.78 is 18.0. The first-order chi connectivity index (χ1) is 8.28. The zero-order chi connectivity index (χ0) is 12.1. The van der Waals surface area contributed by atoms with Crippen LogP contribution < -0.4 is 10.5 Å². The number of halogens is 1. The van der Waals surface area contributed by atoms with Crippen molar-refractivity contribution in [3.05, 3.63) is 35.9 Å². The Morgan fingerprint density at radius 1 is 1.29 bits per heavy atom. The van der Waals surface area contributed by atoms with Crippen LogP contribution >= 0.6 is 0 Å². The summed E-state index contributed by atoms with van der Waals surface area (Å²) in [4.78, 5) is 1.41. The van der Waals surface area contributed by atoms with Gasteiger partial charge in [-0.3, -0.25) is 0 Å². The maximum absolute atomic E-state index is 12.6. The van der Waals surface area contributed by atoms with Crippen molar-refractivity contribution in [3.8, 4) is 5.75 Å². The monoisotopic (exact) mass is 237 g/mol. The Kier molecular flexibility index (Phi) is 3.61. The van der Waals surface area contributed by atoms with Gasteiger partial charge in [-0.15, -0.1) is 10.2 Å². The number of nitrogens with zero attached hydrogens (tertiary/aromatic N) is 4. The smallest absolute Gasteiger partial charge is 0.212 e. The van der Waals surface area contributed by atoms with Gasteiger partial charge in [-0.1, -0.05) is 0 Å². The molecule has 0 aliphatic heterocycles. The number of nitrogens with two attached hydrogens (primary N) is 1. The zero-order valence-electron chi connectivity index (χ0n) is 9.08. The van der Waals surface area contributed by atoms with Gasteiger partial charge in [-0.25, -0.2) is 4.39 Å². The Labute approximate surface area is 97.2 Å². The number of aromatic nitrogens is 4. The minimum absolute atomic E-state index is 0.191. The number of ether oxygens (including phenoxy) is 1. The molecule has 17 heavy (non-hydrogen) atoms. The molecule has 2 rings (SSSR count). The average molecular weight is 237 g/mol. The van der Waals surface area contributed by atoms with Crippen LogP contribution in [0.3, 0.4) is 0 Å². The first-order valence-electron chi connectivity index (χ1n) is 5.13. The SMILES string of the molecule is NCCn1nnc(COc2ccc(F)cc2)n1. The number of benzene rings is 1. The first kappa shape index (κ1) is 11.5. The molecule has 6 nitrogen and oxygen atoms in total. The molecule has 0 aliphatic rings. The standard InChI is InChI=1S/C10H12FN5O/c11-8-1-3-9(4-2-8)17-7-10-13-15-16(14-10)6-5-12/h1-4H,5-7,12H2. The summed E-state index contributed by atoms with van der Waals surface area (Å²) in [6.07, 6.45) is 0. The van der Waals surface area contributed by atoms with E-state index in [9.17, 15) is 4.39 Å². The van der Waals surface area contributed by atoms with Crippen molar-refractivity contribution in [1.29, 1.82) is 0 Å². The van der Waals surface area contributed by atoms with Crippen LogP contribution in [0.5, 0.6) is 5.75 Å². The Morgan fingerprint density at radius 3 is 2.76 bits per heavy atom. The molecule has 0 spiro atoms. The largest absolute Gasteiger partial charge is 0.485 e. The van der Waals surface area contributed by atoms with Gasteiger partial charge in [0.2, 0.25) is 5.82 Å². The fourth-order valence-electron chi connectivity index (χ4n) is 1.22. The van der Waals surface area contributed by atoms with Gasteiger partial charge >= 0.3 is 0 Å². The number of hydrogen-bond acceptors (Lipinski definition) is 5. The van der Waals surface area contributed by atoms with Crippen molar-refractivity contribution in [2.75, 3.05) is 6.54 Å². The third-order valence-electron chi connectivity index (χ3n) is 2.00. The van der Waals surface area contributed by atoms with Crippen LogP contribution in [-0.2, 0) is 13.2 Å². The molecular formula is C10H12FN5O. The second-order valence-electron chi connectivity index (χ2n) is 3.33. The third-order valence-corrected chi connectivity index (χ3v) is 2.00. The first-order valence-corrected chi connectivity index (χ1v) is 5.13. The van der Waals surface area contributed by atoms with Gasteiger partial charge in [0.15, 0.2) is 6.61 Å². The lowest BCUT2D eigenvalue weighted by molar-refractivity contribution is 0.294. The minimum Gasteiger partial charge on any atom is -0.485 e. The van der Waals surface area contributed by atoms with Crippen molar-refractivity contribution in [1.82, 2.24) is 20.2 Å². The molecule has 0 unspecified atom stereocenters. The van der Waals surface area contributed by atoms with Crippen molar-refractivity contribution >= 4 is 0 Å². The van der Waals surface area contributed by atoms with Crippen molar-refractivity contribution < 1.29 is 9.13 Å². The van der Waals surface area contributed by atoms with E-state index in [1.54, 1.807) is 12.1 Å². The summed E-state index contributed by atoms with van der Waals surface area (Å²) in [7, 11) is 0. The number of tetrazole rings is 1. The number of rotatable bonds is 5. The summed E-state index contributed by atoms with van der Waals surface area (Å²) in [5.41, 5.74) is 5.35. The van der Waals surface area contributed by atoms with Crippen LogP contribution in [0.1, 0.15) is 5.82 Å². The average Bonchev–Trinajstić information content (AvgIpc) is 2.77. The fourth-order valence-corrected chi connectivity index (χ4v) is 1.22. The Morgan fingerprint density at radius 2 is 2.06 bits per heavy atom. The molecule has 0 radical (unpaired) electrons. The van der Waals surface area contributed by atoms with E-state index in [4.69, 9.17) is 10.5 Å². The zero-order valence-corrected chi connectivity index (χ0v) is 9.08. The van der Waals surface area contributed by atoms with E-state index in [-0.39, 0.29) is 12.4 Å². The lowest BCUT2D eigenvalue weighted by atomic mass is 10.3. The van der Waals surface area contributed by atoms with Gasteiger partial charge < -0.3 is 10.5 Å². The molecule has 1 heterocycles. The van der Waals surface area contributed by atoms with Crippen LogP contribution in [0.2, 0.25) is 0 Å². The van der Waals surface area contributed by atoms with E-state index < -0.39 is 0 Å². The molecule has 1 aromatic carbocycles. The van der Waals surface area contributed by atoms with Gasteiger partial charge in [-0.2, -0.15) is 4.80 Å². The minimum atomic E-state index is -0.302. The lowest BCUT2D eigenvalue weighted by Gasteiger charge is -2.02. The molecule has 0 saturated heterocycles. The summed E-state index contributed by atoms with van der Waals surface area (Å²) in [5, 5.41) is 11.6. The Balaban J connectivity index is 1.90. The maximum Gasteiger partial charge on any atom is 0.212 e. The second-order valence-corrected chi connectivity index (χ2v) is 3.33. The van der Waals surface area contributed by atoms with Crippen LogP contribution in [0.15, 0.2) is 24.3 Å². The molecule has 1 aromatic heterocycles. The van der Waals surface area contributed by atoms with E-state index in [0.717, 1.165) is 0 Å². The molecule has 7 heteroatoms. The van der Waals surface area contributed by atoms with Crippen LogP contribution in [-0.4, -0.2) is 26.8 Å². The van der Waals surface area contributed by atoms with E-state index in [1.807, 2.05) is 0 Å². The molecule has 0 atom stereocenters.